The van der Waals surface area contributed by atoms with Crippen LogP contribution in [0.4, 0.5) is 4.39 Å². The van der Waals surface area contributed by atoms with Crippen LogP contribution >= 0.6 is 15.9 Å². The smallest absolute Gasteiger partial charge is 0.141 e. The van der Waals surface area contributed by atoms with Crippen molar-refractivity contribution in [1.29, 1.82) is 0 Å². The fourth-order valence-corrected chi connectivity index (χ4v) is 2.09. The molecule has 0 bridgehead atoms. The topological polar surface area (TPSA) is 34.1 Å². The summed E-state index contributed by atoms with van der Waals surface area (Å²) < 4.78 is 19.4. The van der Waals surface area contributed by atoms with Gasteiger partial charge >= 0.3 is 0 Å². The van der Waals surface area contributed by atoms with Gasteiger partial charge in [0.25, 0.3) is 0 Å². The van der Waals surface area contributed by atoms with Crippen molar-refractivity contribution in [3.8, 4) is 11.5 Å². The highest BCUT2D eigenvalue weighted by atomic mass is 79.9. The lowest BCUT2D eigenvalue weighted by molar-refractivity contribution is 0.419. The Labute approximate surface area is 132 Å². The average Bonchev–Trinajstić information content (AvgIpc) is 2.39. The standard InChI is InChI=1S/C16H18BrFN2O/c1-16(2,3)20-10-12-9-13(6-7-19-12)21-15-5-4-11(18)8-14(15)17/h4-9,20H,10H2,1-3H3. The molecule has 0 unspecified atom stereocenters. The SMILES string of the molecule is CC(C)(C)NCc1cc(Oc2ccc(F)cc2Br)ccn1. The maximum Gasteiger partial charge on any atom is 0.141 e. The van der Waals surface area contributed by atoms with Crippen molar-refractivity contribution in [2.24, 2.45) is 0 Å². The molecule has 0 aliphatic carbocycles. The number of aromatic nitrogens is 1. The van der Waals surface area contributed by atoms with Crippen molar-refractivity contribution in [3.05, 3.63) is 52.5 Å². The summed E-state index contributed by atoms with van der Waals surface area (Å²) in [5.41, 5.74) is 0.916. The van der Waals surface area contributed by atoms with E-state index >= 15 is 0 Å². The Morgan fingerprint density at radius 2 is 2.00 bits per heavy atom. The van der Waals surface area contributed by atoms with Gasteiger partial charge in [0, 0.05) is 24.3 Å². The van der Waals surface area contributed by atoms with Crippen LogP contribution in [0.15, 0.2) is 41.0 Å². The van der Waals surface area contributed by atoms with Gasteiger partial charge in [-0.1, -0.05) is 0 Å². The van der Waals surface area contributed by atoms with Gasteiger partial charge in [-0.2, -0.15) is 0 Å². The fraction of sp³-hybridized carbons (Fsp3) is 0.312. The molecule has 0 spiro atoms. The molecule has 3 nitrogen and oxygen atoms in total. The molecule has 1 N–H and O–H groups in total. The van der Waals surface area contributed by atoms with Crippen LogP contribution in [-0.2, 0) is 6.54 Å². The molecule has 0 fully saturated rings. The quantitative estimate of drug-likeness (QED) is 0.868. The average molecular weight is 353 g/mol. The molecule has 21 heavy (non-hydrogen) atoms. The molecule has 5 heteroatoms. The second-order valence-corrected chi connectivity index (χ2v) is 6.62. The van der Waals surface area contributed by atoms with E-state index in [2.05, 4.69) is 47.0 Å². The molecule has 112 valence electrons. The van der Waals surface area contributed by atoms with Crippen molar-refractivity contribution in [1.82, 2.24) is 10.3 Å². The van der Waals surface area contributed by atoms with E-state index in [1.807, 2.05) is 6.07 Å². The van der Waals surface area contributed by atoms with Crippen LogP contribution in [0.1, 0.15) is 26.5 Å². The van der Waals surface area contributed by atoms with Gasteiger partial charge in [0.2, 0.25) is 0 Å². The number of hydrogen-bond donors (Lipinski definition) is 1. The molecule has 1 aromatic carbocycles. The number of pyridine rings is 1. The zero-order valence-corrected chi connectivity index (χ0v) is 13.9. The van der Waals surface area contributed by atoms with Crippen LogP contribution in [-0.4, -0.2) is 10.5 Å². The summed E-state index contributed by atoms with van der Waals surface area (Å²) in [5.74, 6) is 0.930. The molecule has 0 radical (unpaired) electrons. The van der Waals surface area contributed by atoms with E-state index in [4.69, 9.17) is 4.74 Å². The number of ether oxygens (including phenoxy) is 1. The highest BCUT2D eigenvalue weighted by Crippen LogP contribution is 2.30. The van der Waals surface area contributed by atoms with Gasteiger partial charge in [-0.05, 0) is 61.0 Å². The predicted molar refractivity (Wildman–Crippen MR) is 85.0 cm³/mol. The van der Waals surface area contributed by atoms with Crippen LogP contribution < -0.4 is 10.1 Å². The summed E-state index contributed by atoms with van der Waals surface area (Å²) in [6.07, 6.45) is 1.70. The normalized spacial score (nSPS) is 11.5. The van der Waals surface area contributed by atoms with Crippen molar-refractivity contribution in [2.45, 2.75) is 32.9 Å². The summed E-state index contributed by atoms with van der Waals surface area (Å²) in [5, 5.41) is 3.37. The van der Waals surface area contributed by atoms with Gasteiger partial charge in [-0.15, -0.1) is 0 Å². The summed E-state index contributed by atoms with van der Waals surface area (Å²) in [6, 6.07) is 7.97. The van der Waals surface area contributed by atoms with E-state index in [1.165, 1.54) is 12.1 Å². The van der Waals surface area contributed by atoms with Gasteiger partial charge in [0.05, 0.1) is 10.2 Å². The molecule has 0 atom stereocenters. The first-order chi connectivity index (χ1) is 9.83. The monoisotopic (exact) mass is 352 g/mol. The number of benzene rings is 1. The van der Waals surface area contributed by atoms with E-state index < -0.39 is 0 Å². The molecule has 0 saturated heterocycles. The Kier molecular flexibility index (Phi) is 4.96. The first-order valence-corrected chi connectivity index (χ1v) is 7.46. The first-order valence-electron chi connectivity index (χ1n) is 6.66. The van der Waals surface area contributed by atoms with Crippen LogP contribution in [0.25, 0.3) is 0 Å². The first kappa shape index (κ1) is 15.9. The fourth-order valence-electron chi connectivity index (χ4n) is 1.66. The molecular formula is C16H18BrFN2O. The minimum absolute atomic E-state index is 0.0263. The number of hydrogen-bond acceptors (Lipinski definition) is 3. The number of nitrogens with zero attached hydrogens (tertiary/aromatic N) is 1. The second kappa shape index (κ2) is 6.54. The molecule has 2 aromatic rings. The van der Waals surface area contributed by atoms with Crippen molar-refractivity contribution in [2.75, 3.05) is 0 Å². The minimum atomic E-state index is -0.306. The maximum atomic E-state index is 13.1. The summed E-state index contributed by atoms with van der Waals surface area (Å²) in [4.78, 5) is 4.31. The Morgan fingerprint density at radius 1 is 1.24 bits per heavy atom. The second-order valence-electron chi connectivity index (χ2n) is 5.76. The van der Waals surface area contributed by atoms with Crippen molar-refractivity contribution < 1.29 is 9.13 Å². The number of halogens is 2. The summed E-state index contributed by atoms with van der Waals surface area (Å²) >= 11 is 3.29. The van der Waals surface area contributed by atoms with Crippen LogP contribution in [0.2, 0.25) is 0 Å². The zero-order valence-electron chi connectivity index (χ0n) is 12.3. The van der Waals surface area contributed by atoms with Crippen LogP contribution in [0.5, 0.6) is 11.5 Å². The van der Waals surface area contributed by atoms with Crippen LogP contribution in [0.3, 0.4) is 0 Å². The highest BCUT2D eigenvalue weighted by molar-refractivity contribution is 9.10. The van der Waals surface area contributed by atoms with E-state index in [0.29, 0.717) is 22.5 Å². The molecule has 1 aromatic heterocycles. The third-order valence-corrected chi connectivity index (χ3v) is 3.33. The maximum absolute atomic E-state index is 13.1. The van der Waals surface area contributed by atoms with E-state index in [9.17, 15) is 4.39 Å². The number of rotatable bonds is 4. The molecule has 0 aliphatic rings. The third kappa shape index (κ3) is 5.10. The van der Waals surface area contributed by atoms with E-state index in [1.54, 1.807) is 18.3 Å². The van der Waals surface area contributed by atoms with E-state index in [0.717, 1.165) is 5.69 Å². The lowest BCUT2D eigenvalue weighted by Gasteiger charge is -2.20. The third-order valence-electron chi connectivity index (χ3n) is 2.71. The molecule has 0 aliphatic heterocycles. The Balaban J connectivity index is 2.10. The summed E-state index contributed by atoms with van der Waals surface area (Å²) in [7, 11) is 0. The molecule has 0 amide bonds. The number of nitrogens with one attached hydrogen (secondary N) is 1. The van der Waals surface area contributed by atoms with Gasteiger partial charge in [-0.25, -0.2) is 4.39 Å². The van der Waals surface area contributed by atoms with Gasteiger partial charge in [0.15, 0.2) is 0 Å². The van der Waals surface area contributed by atoms with E-state index in [-0.39, 0.29) is 11.4 Å². The zero-order chi connectivity index (χ0) is 15.5. The molecule has 1 heterocycles. The minimum Gasteiger partial charge on any atom is -0.456 e. The molecular weight excluding hydrogens is 335 g/mol. The van der Waals surface area contributed by atoms with Gasteiger partial charge in [0.1, 0.15) is 17.3 Å². The lowest BCUT2D eigenvalue weighted by atomic mass is 10.1. The van der Waals surface area contributed by atoms with Crippen molar-refractivity contribution in [3.63, 3.8) is 0 Å². The van der Waals surface area contributed by atoms with Crippen LogP contribution in [0, 0.1) is 5.82 Å². The Morgan fingerprint density at radius 3 is 2.67 bits per heavy atom. The molecule has 0 saturated carbocycles. The summed E-state index contributed by atoms with van der Waals surface area (Å²) in [6.45, 7) is 6.96. The van der Waals surface area contributed by atoms with Gasteiger partial charge in [-0.3, -0.25) is 4.98 Å². The van der Waals surface area contributed by atoms with Crippen molar-refractivity contribution >= 4 is 15.9 Å². The Hall–Kier alpha value is -1.46. The van der Waals surface area contributed by atoms with Gasteiger partial charge < -0.3 is 10.1 Å². The Bertz CT molecular complexity index is 626. The lowest BCUT2D eigenvalue weighted by Crippen LogP contribution is -2.35. The highest BCUT2D eigenvalue weighted by Gasteiger charge is 2.10. The largest absolute Gasteiger partial charge is 0.456 e. The predicted octanol–water partition coefficient (Wildman–Crippen LogP) is 4.66. The molecule has 2 rings (SSSR count).